The number of carbonyl (C=O) groups excluding carboxylic acids is 1. The fourth-order valence-corrected chi connectivity index (χ4v) is 3.42. The van der Waals surface area contributed by atoms with Crippen LogP contribution in [0, 0.1) is 0 Å². The Labute approximate surface area is 147 Å². The van der Waals surface area contributed by atoms with Gasteiger partial charge in [-0.05, 0) is 18.9 Å². The monoisotopic (exact) mass is 341 g/mol. The smallest absolute Gasteiger partial charge is 0.317 e. The van der Waals surface area contributed by atoms with Crippen LogP contribution < -0.4 is 5.32 Å². The number of amides is 2. The molecule has 2 fully saturated rings. The van der Waals surface area contributed by atoms with Crippen LogP contribution in [0.15, 0.2) is 36.7 Å². The first-order valence-electron chi connectivity index (χ1n) is 8.86. The van der Waals surface area contributed by atoms with Gasteiger partial charge in [0.2, 0.25) is 0 Å². The van der Waals surface area contributed by atoms with Gasteiger partial charge < -0.3 is 19.5 Å². The Hall–Kier alpha value is -2.41. The number of urea groups is 1. The molecule has 132 valence electrons. The van der Waals surface area contributed by atoms with Crippen molar-refractivity contribution in [2.24, 2.45) is 0 Å². The Morgan fingerprint density at radius 3 is 3.00 bits per heavy atom. The average molecular weight is 341 g/mol. The van der Waals surface area contributed by atoms with Gasteiger partial charge >= 0.3 is 6.03 Å². The lowest BCUT2D eigenvalue weighted by molar-refractivity contribution is -0.0218. The number of hydrogen-bond acceptors (Lipinski definition) is 4. The second-order valence-electron chi connectivity index (χ2n) is 6.59. The van der Waals surface area contributed by atoms with Crippen molar-refractivity contribution in [3.05, 3.63) is 48.0 Å². The van der Waals surface area contributed by atoms with Crippen molar-refractivity contribution in [1.82, 2.24) is 25.0 Å². The van der Waals surface area contributed by atoms with Gasteiger partial charge in [-0.2, -0.15) is 0 Å². The highest BCUT2D eigenvalue weighted by Gasteiger charge is 2.40. The van der Waals surface area contributed by atoms with Gasteiger partial charge in [-0.1, -0.05) is 30.3 Å². The van der Waals surface area contributed by atoms with E-state index in [4.69, 9.17) is 4.74 Å². The summed E-state index contributed by atoms with van der Waals surface area (Å²) in [5, 5.41) is 11.3. The molecule has 1 aromatic heterocycles. The summed E-state index contributed by atoms with van der Waals surface area (Å²) in [6.45, 7) is 4.45. The molecule has 1 aliphatic heterocycles. The first-order valence-corrected chi connectivity index (χ1v) is 8.86. The Balaban J connectivity index is 1.35. The van der Waals surface area contributed by atoms with Crippen LogP contribution in [-0.4, -0.2) is 51.4 Å². The SMILES string of the molecule is CCn1cnnc1[C@@H]1CN(C(=O)N[C@H]2C[C@H]2c2ccccc2)CCO1. The zero-order valence-corrected chi connectivity index (χ0v) is 14.3. The molecule has 2 aliphatic rings. The van der Waals surface area contributed by atoms with Crippen molar-refractivity contribution in [2.45, 2.75) is 38.0 Å². The molecular formula is C18H23N5O2. The maximum atomic E-state index is 12.6. The van der Waals surface area contributed by atoms with E-state index in [1.165, 1.54) is 5.56 Å². The fourth-order valence-electron chi connectivity index (χ4n) is 3.42. The van der Waals surface area contributed by atoms with Gasteiger partial charge in [-0.25, -0.2) is 4.79 Å². The molecule has 7 heteroatoms. The summed E-state index contributed by atoms with van der Waals surface area (Å²) in [5.74, 6) is 1.22. The lowest BCUT2D eigenvalue weighted by atomic mass is 10.1. The Morgan fingerprint density at radius 2 is 2.20 bits per heavy atom. The number of carbonyl (C=O) groups is 1. The van der Waals surface area contributed by atoms with Crippen LogP contribution in [0.2, 0.25) is 0 Å². The highest BCUT2D eigenvalue weighted by molar-refractivity contribution is 5.75. The number of rotatable bonds is 4. The second kappa shape index (κ2) is 6.84. The highest BCUT2D eigenvalue weighted by atomic mass is 16.5. The van der Waals surface area contributed by atoms with Crippen molar-refractivity contribution >= 4 is 6.03 Å². The summed E-state index contributed by atoms with van der Waals surface area (Å²) in [5.41, 5.74) is 1.30. The van der Waals surface area contributed by atoms with Gasteiger partial charge in [-0.3, -0.25) is 0 Å². The molecule has 7 nitrogen and oxygen atoms in total. The standard InChI is InChI=1S/C18H23N5O2/c1-2-22-12-19-21-17(22)16-11-23(8-9-25-16)18(24)20-15-10-14(15)13-6-4-3-5-7-13/h3-7,12,14-16H,2,8-11H2,1H3,(H,20,24)/t14-,15-,16-/m0/s1. The summed E-state index contributed by atoms with van der Waals surface area (Å²) in [7, 11) is 0. The summed E-state index contributed by atoms with van der Waals surface area (Å²) in [6, 6.07) is 10.6. The molecule has 25 heavy (non-hydrogen) atoms. The Bertz CT molecular complexity index is 732. The van der Waals surface area contributed by atoms with Crippen LogP contribution in [-0.2, 0) is 11.3 Å². The quantitative estimate of drug-likeness (QED) is 0.922. The molecule has 0 spiro atoms. The third-order valence-corrected chi connectivity index (χ3v) is 4.95. The molecule has 2 heterocycles. The molecule has 4 rings (SSSR count). The van der Waals surface area contributed by atoms with E-state index < -0.39 is 0 Å². The summed E-state index contributed by atoms with van der Waals surface area (Å²) < 4.78 is 7.77. The minimum atomic E-state index is -0.217. The molecule has 0 radical (unpaired) electrons. The van der Waals surface area contributed by atoms with Gasteiger partial charge in [0.25, 0.3) is 0 Å². The Morgan fingerprint density at radius 1 is 1.36 bits per heavy atom. The molecule has 3 atom stereocenters. The molecule has 1 aromatic carbocycles. The number of aryl methyl sites for hydroxylation is 1. The maximum absolute atomic E-state index is 12.6. The number of aromatic nitrogens is 3. The zero-order chi connectivity index (χ0) is 17.2. The van der Waals surface area contributed by atoms with Gasteiger partial charge in [0.15, 0.2) is 5.82 Å². The number of ether oxygens (including phenoxy) is 1. The molecule has 2 amide bonds. The number of nitrogens with one attached hydrogen (secondary N) is 1. The number of hydrogen-bond donors (Lipinski definition) is 1. The van der Waals surface area contributed by atoms with Crippen molar-refractivity contribution in [2.75, 3.05) is 19.7 Å². The third-order valence-electron chi connectivity index (χ3n) is 4.95. The highest BCUT2D eigenvalue weighted by Crippen LogP contribution is 2.40. The van der Waals surface area contributed by atoms with E-state index in [0.29, 0.717) is 25.6 Å². The van der Waals surface area contributed by atoms with E-state index in [-0.39, 0.29) is 18.2 Å². The van der Waals surface area contributed by atoms with Crippen LogP contribution in [0.5, 0.6) is 0 Å². The molecule has 1 saturated carbocycles. The first-order chi connectivity index (χ1) is 12.3. The summed E-state index contributed by atoms with van der Waals surface area (Å²) in [4.78, 5) is 14.4. The largest absolute Gasteiger partial charge is 0.366 e. The number of benzene rings is 1. The third kappa shape index (κ3) is 3.37. The molecule has 2 aromatic rings. The van der Waals surface area contributed by atoms with Crippen molar-refractivity contribution in [1.29, 1.82) is 0 Å². The predicted molar refractivity (Wildman–Crippen MR) is 92.1 cm³/mol. The molecule has 1 saturated heterocycles. The van der Waals surface area contributed by atoms with Crippen molar-refractivity contribution < 1.29 is 9.53 Å². The topological polar surface area (TPSA) is 72.3 Å². The van der Waals surface area contributed by atoms with Crippen LogP contribution in [0.1, 0.15) is 36.8 Å². The second-order valence-corrected chi connectivity index (χ2v) is 6.59. The van der Waals surface area contributed by atoms with Crippen molar-refractivity contribution in [3.63, 3.8) is 0 Å². The molecule has 1 aliphatic carbocycles. The van der Waals surface area contributed by atoms with E-state index in [1.54, 1.807) is 6.33 Å². The van der Waals surface area contributed by atoms with E-state index >= 15 is 0 Å². The van der Waals surface area contributed by atoms with Crippen LogP contribution >= 0.6 is 0 Å². The van der Waals surface area contributed by atoms with E-state index in [0.717, 1.165) is 18.8 Å². The van der Waals surface area contributed by atoms with Gasteiger partial charge in [0.1, 0.15) is 12.4 Å². The van der Waals surface area contributed by atoms with Gasteiger partial charge in [-0.15, -0.1) is 10.2 Å². The maximum Gasteiger partial charge on any atom is 0.317 e. The Kier molecular flexibility index (Phi) is 4.40. The predicted octanol–water partition coefficient (Wildman–Crippen LogP) is 1.94. The van der Waals surface area contributed by atoms with Crippen LogP contribution in [0.3, 0.4) is 0 Å². The van der Waals surface area contributed by atoms with Gasteiger partial charge in [0.05, 0.1) is 13.2 Å². The fraction of sp³-hybridized carbons (Fsp3) is 0.500. The molecular weight excluding hydrogens is 318 g/mol. The van der Waals surface area contributed by atoms with Crippen molar-refractivity contribution in [3.8, 4) is 0 Å². The summed E-state index contributed by atoms with van der Waals surface area (Å²) in [6.07, 6.45) is 2.49. The minimum absolute atomic E-state index is 0.0145. The number of nitrogens with zero attached hydrogens (tertiary/aromatic N) is 4. The molecule has 0 bridgehead atoms. The number of morpholine rings is 1. The molecule has 1 N–H and O–H groups in total. The first kappa shape index (κ1) is 16.1. The molecule has 0 unspecified atom stereocenters. The zero-order valence-electron chi connectivity index (χ0n) is 14.3. The minimum Gasteiger partial charge on any atom is -0.366 e. The van der Waals surface area contributed by atoms with Crippen LogP contribution in [0.25, 0.3) is 0 Å². The summed E-state index contributed by atoms with van der Waals surface area (Å²) >= 11 is 0. The lowest BCUT2D eigenvalue weighted by Gasteiger charge is -2.32. The lowest BCUT2D eigenvalue weighted by Crippen LogP contribution is -2.48. The van der Waals surface area contributed by atoms with Crippen LogP contribution in [0.4, 0.5) is 4.79 Å². The average Bonchev–Trinajstić information content (AvgIpc) is 3.26. The normalized spacial score (nSPS) is 25.6. The van der Waals surface area contributed by atoms with Gasteiger partial charge in [0, 0.05) is 25.0 Å². The van der Waals surface area contributed by atoms with E-state index in [9.17, 15) is 4.79 Å². The van der Waals surface area contributed by atoms with E-state index in [2.05, 4.69) is 27.6 Å². The van der Waals surface area contributed by atoms with E-state index in [1.807, 2.05) is 34.6 Å².